The van der Waals surface area contributed by atoms with Crippen LogP contribution in [0.4, 0.5) is 38.3 Å². The van der Waals surface area contributed by atoms with Gasteiger partial charge in [-0.1, -0.05) is 12.1 Å². The Morgan fingerprint density at radius 1 is 1.19 bits per heavy atom. The Labute approximate surface area is 171 Å². The zero-order valence-corrected chi connectivity index (χ0v) is 15.6. The number of hydrogen-bond donors (Lipinski definition) is 1. The van der Waals surface area contributed by atoms with Crippen molar-refractivity contribution in [2.45, 2.75) is 19.0 Å². The van der Waals surface area contributed by atoms with Crippen molar-refractivity contribution in [3.05, 3.63) is 48.2 Å². The molecule has 0 saturated heterocycles. The van der Waals surface area contributed by atoms with Crippen molar-refractivity contribution in [3.8, 4) is 5.75 Å². The molecule has 1 atom stereocenters. The number of hydrogen-bond acceptors (Lipinski definition) is 5. The van der Waals surface area contributed by atoms with Gasteiger partial charge in [0.2, 0.25) is 5.91 Å². The number of halogens is 5. The second-order valence-corrected chi connectivity index (χ2v) is 6.26. The van der Waals surface area contributed by atoms with Crippen LogP contribution in [0.1, 0.15) is 11.6 Å². The molecule has 0 spiro atoms. The Balaban J connectivity index is 2.01. The number of benzene rings is 1. The lowest BCUT2D eigenvalue weighted by molar-refractivity contribution is -0.274. The number of primary amides is 1. The Bertz CT molecular complexity index is 955. The fourth-order valence-electron chi connectivity index (χ4n) is 3.10. The molecule has 31 heavy (non-hydrogen) atoms. The van der Waals surface area contributed by atoms with E-state index in [1.807, 2.05) is 0 Å². The van der Waals surface area contributed by atoms with Gasteiger partial charge in [0.25, 0.3) is 0 Å². The normalized spacial score (nSPS) is 15.1. The van der Waals surface area contributed by atoms with Crippen molar-refractivity contribution in [1.29, 1.82) is 0 Å². The SMILES string of the molecule is NC(=O)N1CC(=O)N(C(COC(F)F)c2ccc(OC(F)(F)F)cc2)c2cccnc21. The number of fused-ring (bicyclic) bond motifs is 1. The van der Waals surface area contributed by atoms with Crippen LogP contribution in [-0.4, -0.2) is 43.0 Å². The number of urea groups is 1. The molecule has 13 heteroatoms. The molecular formula is C18H15F5N4O4. The van der Waals surface area contributed by atoms with Gasteiger partial charge in [-0.2, -0.15) is 8.78 Å². The minimum absolute atomic E-state index is 0.0219. The third-order valence-electron chi connectivity index (χ3n) is 4.30. The maximum atomic E-state index is 12.8. The summed E-state index contributed by atoms with van der Waals surface area (Å²) in [5.41, 5.74) is 5.57. The van der Waals surface area contributed by atoms with Gasteiger partial charge in [0.15, 0.2) is 5.82 Å². The van der Waals surface area contributed by atoms with Gasteiger partial charge in [-0.15, -0.1) is 13.2 Å². The van der Waals surface area contributed by atoms with E-state index in [1.54, 1.807) is 0 Å². The van der Waals surface area contributed by atoms with E-state index in [4.69, 9.17) is 5.73 Å². The first-order valence-electron chi connectivity index (χ1n) is 8.66. The number of alkyl halides is 5. The number of amides is 3. The van der Waals surface area contributed by atoms with E-state index in [0.717, 1.165) is 21.9 Å². The average molecular weight is 446 g/mol. The third kappa shape index (κ3) is 5.17. The van der Waals surface area contributed by atoms with Crippen molar-refractivity contribution in [1.82, 2.24) is 4.98 Å². The minimum Gasteiger partial charge on any atom is -0.406 e. The number of carbonyl (C=O) groups is 2. The minimum atomic E-state index is -4.91. The van der Waals surface area contributed by atoms with E-state index in [0.29, 0.717) is 0 Å². The summed E-state index contributed by atoms with van der Waals surface area (Å²) in [6, 6.07) is 5.09. The fourth-order valence-corrected chi connectivity index (χ4v) is 3.10. The number of pyridine rings is 1. The molecule has 2 heterocycles. The predicted octanol–water partition coefficient (Wildman–Crippen LogP) is 3.19. The Hall–Kier alpha value is -3.48. The van der Waals surface area contributed by atoms with Crippen LogP contribution in [-0.2, 0) is 9.53 Å². The quantitative estimate of drug-likeness (QED) is 0.688. The van der Waals surface area contributed by atoms with Crippen LogP contribution >= 0.6 is 0 Å². The van der Waals surface area contributed by atoms with Crippen LogP contribution in [0.5, 0.6) is 5.75 Å². The molecule has 1 unspecified atom stereocenters. The number of carbonyl (C=O) groups excluding carboxylic acids is 2. The summed E-state index contributed by atoms with van der Waals surface area (Å²) < 4.78 is 70.8. The molecule has 1 aliphatic heterocycles. The van der Waals surface area contributed by atoms with Crippen LogP contribution < -0.4 is 20.3 Å². The molecule has 3 rings (SSSR count). The molecule has 3 amide bonds. The van der Waals surface area contributed by atoms with Crippen molar-refractivity contribution in [2.75, 3.05) is 23.0 Å². The fraction of sp³-hybridized carbons (Fsp3) is 0.278. The lowest BCUT2D eigenvalue weighted by Crippen LogP contribution is -2.52. The zero-order chi connectivity index (χ0) is 22.8. The summed E-state index contributed by atoms with van der Waals surface area (Å²) in [6.07, 6.45) is -3.57. The van der Waals surface area contributed by atoms with Gasteiger partial charge in [0.05, 0.1) is 18.3 Å². The van der Waals surface area contributed by atoms with Gasteiger partial charge in [0.1, 0.15) is 12.3 Å². The van der Waals surface area contributed by atoms with Crippen LogP contribution in [0.25, 0.3) is 0 Å². The standard InChI is InChI=1S/C18H15F5N4O4/c19-16(20)30-9-13(10-3-5-11(6-4-10)31-18(21,22)23)27-12-2-1-7-25-15(12)26(17(24)29)8-14(27)28/h1-7,13,16H,8-9H2,(H2,24,29). The second kappa shape index (κ2) is 8.71. The zero-order valence-electron chi connectivity index (χ0n) is 15.6. The molecule has 8 nitrogen and oxygen atoms in total. The molecule has 0 aliphatic carbocycles. The lowest BCUT2D eigenvalue weighted by atomic mass is 10.0. The summed E-state index contributed by atoms with van der Waals surface area (Å²) in [5.74, 6) is -1.19. The van der Waals surface area contributed by atoms with E-state index in [1.165, 1.54) is 30.5 Å². The molecule has 0 fully saturated rings. The van der Waals surface area contributed by atoms with E-state index >= 15 is 0 Å². The van der Waals surface area contributed by atoms with E-state index < -0.39 is 49.9 Å². The summed E-state index contributed by atoms with van der Waals surface area (Å²) >= 11 is 0. The summed E-state index contributed by atoms with van der Waals surface area (Å²) in [7, 11) is 0. The topological polar surface area (TPSA) is 98.0 Å². The average Bonchev–Trinajstić information content (AvgIpc) is 2.68. The number of aromatic nitrogens is 1. The van der Waals surface area contributed by atoms with Gasteiger partial charge >= 0.3 is 19.0 Å². The van der Waals surface area contributed by atoms with E-state index in [9.17, 15) is 31.5 Å². The molecule has 1 aromatic heterocycles. The monoisotopic (exact) mass is 446 g/mol. The molecule has 2 N–H and O–H groups in total. The third-order valence-corrected chi connectivity index (χ3v) is 4.30. The van der Waals surface area contributed by atoms with Gasteiger partial charge < -0.3 is 15.2 Å². The number of ether oxygens (including phenoxy) is 2. The highest BCUT2D eigenvalue weighted by atomic mass is 19.4. The molecule has 1 aromatic carbocycles. The number of nitrogens with zero attached hydrogens (tertiary/aromatic N) is 3. The van der Waals surface area contributed by atoms with E-state index in [2.05, 4.69) is 14.5 Å². The highest BCUT2D eigenvalue weighted by Gasteiger charge is 2.38. The van der Waals surface area contributed by atoms with Gasteiger partial charge in [-0.05, 0) is 29.8 Å². The molecule has 2 aromatic rings. The molecular weight excluding hydrogens is 431 g/mol. The first kappa shape index (κ1) is 22.2. The van der Waals surface area contributed by atoms with Crippen LogP contribution in [0.2, 0.25) is 0 Å². The van der Waals surface area contributed by atoms with Gasteiger partial charge in [0, 0.05) is 6.20 Å². The molecule has 1 aliphatic rings. The van der Waals surface area contributed by atoms with Crippen molar-refractivity contribution in [2.24, 2.45) is 5.73 Å². The first-order valence-corrected chi connectivity index (χ1v) is 8.66. The van der Waals surface area contributed by atoms with Crippen molar-refractivity contribution in [3.63, 3.8) is 0 Å². The van der Waals surface area contributed by atoms with Crippen LogP contribution in [0.3, 0.4) is 0 Å². The highest BCUT2D eigenvalue weighted by molar-refractivity contribution is 6.09. The summed E-state index contributed by atoms with van der Waals surface area (Å²) in [6.45, 7) is -4.36. The maximum Gasteiger partial charge on any atom is 0.573 e. The largest absolute Gasteiger partial charge is 0.573 e. The Morgan fingerprint density at radius 2 is 1.87 bits per heavy atom. The molecule has 0 radical (unpaired) electrons. The highest BCUT2D eigenvalue weighted by Crippen LogP contribution is 2.38. The smallest absolute Gasteiger partial charge is 0.406 e. The van der Waals surface area contributed by atoms with Gasteiger partial charge in [-0.25, -0.2) is 9.78 Å². The summed E-state index contributed by atoms with van der Waals surface area (Å²) in [5, 5.41) is 0. The van der Waals surface area contributed by atoms with Crippen molar-refractivity contribution < 1.29 is 41.0 Å². The molecule has 0 saturated carbocycles. The molecule has 166 valence electrons. The van der Waals surface area contributed by atoms with Crippen LogP contribution in [0, 0.1) is 0 Å². The second-order valence-electron chi connectivity index (χ2n) is 6.26. The van der Waals surface area contributed by atoms with E-state index in [-0.39, 0.29) is 17.1 Å². The number of nitrogens with two attached hydrogens (primary N) is 1. The van der Waals surface area contributed by atoms with Crippen molar-refractivity contribution >= 4 is 23.4 Å². The predicted molar refractivity (Wildman–Crippen MR) is 96.5 cm³/mol. The Kier molecular flexibility index (Phi) is 6.24. The molecule has 0 bridgehead atoms. The van der Waals surface area contributed by atoms with Gasteiger partial charge in [-0.3, -0.25) is 14.6 Å². The summed E-state index contributed by atoms with van der Waals surface area (Å²) in [4.78, 5) is 30.5. The number of rotatable bonds is 6. The van der Waals surface area contributed by atoms with Crippen LogP contribution in [0.15, 0.2) is 42.6 Å². The maximum absolute atomic E-state index is 12.8. The Morgan fingerprint density at radius 3 is 2.45 bits per heavy atom. The number of anilines is 2. The lowest BCUT2D eigenvalue weighted by Gasteiger charge is -2.39. The first-order chi connectivity index (χ1) is 14.6.